The van der Waals surface area contributed by atoms with E-state index in [9.17, 15) is 4.79 Å². The second-order valence-electron chi connectivity index (χ2n) is 3.83. The smallest absolute Gasteiger partial charge is 0.289 e. The van der Waals surface area contributed by atoms with Crippen LogP contribution in [0.2, 0.25) is 0 Å². The van der Waals surface area contributed by atoms with Gasteiger partial charge in [0, 0.05) is 26.2 Å². The van der Waals surface area contributed by atoms with Crippen LogP contribution >= 0.6 is 15.9 Å². The number of piperazine rings is 1. The van der Waals surface area contributed by atoms with Gasteiger partial charge in [-0.2, -0.15) is 5.26 Å². The maximum Gasteiger partial charge on any atom is 0.289 e. The van der Waals surface area contributed by atoms with E-state index < -0.39 is 0 Å². The predicted molar refractivity (Wildman–Crippen MR) is 64.4 cm³/mol. The monoisotopic (exact) mass is 297 g/mol. The molecule has 5 nitrogen and oxygen atoms in total. The molecule has 0 radical (unpaired) electrons. The lowest BCUT2D eigenvalue weighted by Crippen LogP contribution is -2.48. The number of hydrogen-bond acceptors (Lipinski definition) is 4. The molecule has 1 aromatic rings. The standard InChI is InChI=1S/C11H12BrN3O2/c12-10-2-1-9(17-10)11(16)15-7-5-14(4-3-13)6-8-15/h1-2H,4-8H2. The van der Waals surface area contributed by atoms with E-state index in [-0.39, 0.29) is 5.91 Å². The van der Waals surface area contributed by atoms with Gasteiger partial charge in [-0.3, -0.25) is 9.69 Å². The number of furan rings is 1. The molecule has 0 bridgehead atoms. The fraction of sp³-hybridized carbons (Fsp3) is 0.455. The topological polar surface area (TPSA) is 60.5 Å². The molecule has 2 rings (SSSR count). The molecule has 0 aromatic carbocycles. The first kappa shape index (κ1) is 12.1. The molecular formula is C11H12BrN3O2. The molecule has 0 unspecified atom stereocenters. The molecule has 17 heavy (non-hydrogen) atoms. The summed E-state index contributed by atoms with van der Waals surface area (Å²) in [4.78, 5) is 15.8. The Kier molecular flexibility index (Phi) is 3.82. The van der Waals surface area contributed by atoms with E-state index in [1.807, 2.05) is 4.90 Å². The van der Waals surface area contributed by atoms with Crippen LogP contribution in [0, 0.1) is 11.3 Å². The molecule has 0 atom stereocenters. The number of halogens is 1. The van der Waals surface area contributed by atoms with Gasteiger partial charge in [0.05, 0.1) is 12.6 Å². The summed E-state index contributed by atoms with van der Waals surface area (Å²) in [6, 6.07) is 5.48. The van der Waals surface area contributed by atoms with Gasteiger partial charge >= 0.3 is 0 Å². The van der Waals surface area contributed by atoms with Crippen LogP contribution in [0.5, 0.6) is 0 Å². The van der Waals surface area contributed by atoms with E-state index in [2.05, 4.69) is 22.0 Å². The Morgan fingerprint density at radius 2 is 2.12 bits per heavy atom. The zero-order valence-corrected chi connectivity index (χ0v) is 10.8. The van der Waals surface area contributed by atoms with Gasteiger partial charge in [-0.15, -0.1) is 0 Å². The zero-order valence-electron chi connectivity index (χ0n) is 9.23. The second kappa shape index (κ2) is 5.34. The molecule has 0 aliphatic carbocycles. The van der Waals surface area contributed by atoms with Gasteiger partial charge in [0.15, 0.2) is 10.4 Å². The third kappa shape index (κ3) is 2.87. The van der Waals surface area contributed by atoms with Gasteiger partial charge in [0.1, 0.15) is 0 Å². The largest absolute Gasteiger partial charge is 0.444 e. The summed E-state index contributed by atoms with van der Waals surface area (Å²) in [6.07, 6.45) is 0. The molecule has 0 spiro atoms. The summed E-state index contributed by atoms with van der Waals surface area (Å²) in [5.74, 6) is 0.262. The van der Waals surface area contributed by atoms with E-state index >= 15 is 0 Å². The highest BCUT2D eigenvalue weighted by Gasteiger charge is 2.23. The van der Waals surface area contributed by atoms with Crippen LogP contribution in [0.15, 0.2) is 21.2 Å². The molecule has 1 aliphatic rings. The number of nitriles is 1. The van der Waals surface area contributed by atoms with Crippen LogP contribution < -0.4 is 0 Å². The molecular weight excluding hydrogens is 286 g/mol. The van der Waals surface area contributed by atoms with Gasteiger partial charge in [-0.1, -0.05) is 0 Å². The Balaban J connectivity index is 1.93. The van der Waals surface area contributed by atoms with Gasteiger partial charge in [-0.25, -0.2) is 0 Å². The molecule has 2 heterocycles. The second-order valence-corrected chi connectivity index (χ2v) is 4.61. The van der Waals surface area contributed by atoms with Crippen LogP contribution in [0.25, 0.3) is 0 Å². The quantitative estimate of drug-likeness (QED) is 0.773. The van der Waals surface area contributed by atoms with E-state index in [0.717, 1.165) is 13.1 Å². The number of carbonyl (C=O) groups excluding carboxylic acids is 1. The Labute approximate surface area is 108 Å². The van der Waals surface area contributed by atoms with Crippen molar-refractivity contribution >= 4 is 21.8 Å². The summed E-state index contributed by atoms with van der Waals surface area (Å²) in [5, 5.41) is 8.58. The first-order valence-electron chi connectivity index (χ1n) is 5.34. The number of carbonyl (C=O) groups is 1. The summed E-state index contributed by atoms with van der Waals surface area (Å²) in [7, 11) is 0. The summed E-state index contributed by atoms with van der Waals surface area (Å²) >= 11 is 3.17. The van der Waals surface area contributed by atoms with Crippen molar-refractivity contribution < 1.29 is 9.21 Å². The summed E-state index contributed by atoms with van der Waals surface area (Å²) in [6.45, 7) is 3.17. The number of rotatable bonds is 2. The summed E-state index contributed by atoms with van der Waals surface area (Å²) < 4.78 is 5.79. The minimum absolute atomic E-state index is 0.0905. The minimum atomic E-state index is -0.0905. The lowest BCUT2D eigenvalue weighted by Gasteiger charge is -2.32. The molecule has 6 heteroatoms. The number of hydrogen-bond donors (Lipinski definition) is 0. The Morgan fingerprint density at radius 1 is 1.41 bits per heavy atom. The van der Waals surface area contributed by atoms with Crippen molar-refractivity contribution in [2.75, 3.05) is 32.7 Å². The van der Waals surface area contributed by atoms with Gasteiger partial charge in [0.25, 0.3) is 5.91 Å². The lowest BCUT2D eigenvalue weighted by atomic mass is 10.3. The third-order valence-electron chi connectivity index (χ3n) is 2.74. The average Bonchev–Trinajstić information content (AvgIpc) is 2.76. The predicted octanol–water partition coefficient (Wildman–Crippen LogP) is 1.32. The number of nitrogens with zero attached hydrogens (tertiary/aromatic N) is 3. The first-order chi connectivity index (χ1) is 8.20. The lowest BCUT2D eigenvalue weighted by molar-refractivity contribution is 0.0619. The van der Waals surface area contributed by atoms with Crippen molar-refractivity contribution in [3.05, 3.63) is 22.6 Å². The Bertz CT molecular complexity index is 444. The molecule has 90 valence electrons. The first-order valence-corrected chi connectivity index (χ1v) is 6.14. The van der Waals surface area contributed by atoms with Crippen molar-refractivity contribution in [1.29, 1.82) is 5.26 Å². The van der Waals surface area contributed by atoms with Gasteiger partial charge < -0.3 is 9.32 Å². The van der Waals surface area contributed by atoms with Crippen LogP contribution in [-0.2, 0) is 0 Å². The maximum atomic E-state index is 12.0. The fourth-order valence-electron chi connectivity index (χ4n) is 1.79. The normalized spacial score (nSPS) is 16.8. The van der Waals surface area contributed by atoms with Crippen molar-refractivity contribution in [1.82, 2.24) is 9.80 Å². The van der Waals surface area contributed by atoms with E-state index in [0.29, 0.717) is 30.1 Å². The molecule has 0 N–H and O–H groups in total. The van der Waals surface area contributed by atoms with Crippen LogP contribution in [0.1, 0.15) is 10.6 Å². The van der Waals surface area contributed by atoms with Crippen molar-refractivity contribution in [3.63, 3.8) is 0 Å². The highest BCUT2D eigenvalue weighted by Crippen LogP contribution is 2.16. The van der Waals surface area contributed by atoms with Gasteiger partial charge in [-0.05, 0) is 28.1 Å². The highest BCUT2D eigenvalue weighted by molar-refractivity contribution is 9.10. The van der Waals surface area contributed by atoms with E-state index in [1.165, 1.54) is 0 Å². The van der Waals surface area contributed by atoms with Crippen LogP contribution in [0.4, 0.5) is 0 Å². The number of amides is 1. The molecule has 1 saturated heterocycles. The highest BCUT2D eigenvalue weighted by atomic mass is 79.9. The van der Waals surface area contributed by atoms with Crippen LogP contribution in [0.3, 0.4) is 0 Å². The SMILES string of the molecule is N#CCN1CCN(C(=O)c2ccc(Br)o2)CC1. The molecule has 0 saturated carbocycles. The van der Waals surface area contributed by atoms with Crippen molar-refractivity contribution in [2.45, 2.75) is 0 Å². The van der Waals surface area contributed by atoms with Gasteiger partial charge in [0.2, 0.25) is 0 Å². The fourth-order valence-corrected chi connectivity index (χ4v) is 2.10. The zero-order chi connectivity index (χ0) is 12.3. The Hall–Kier alpha value is -1.32. The molecule has 1 fully saturated rings. The van der Waals surface area contributed by atoms with Crippen LogP contribution in [-0.4, -0.2) is 48.4 Å². The molecule has 1 aromatic heterocycles. The third-order valence-corrected chi connectivity index (χ3v) is 3.16. The summed E-state index contributed by atoms with van der Waals surface area (Å²) in [5.41, 5.74) is 0. The average molecular weight is 298 g/mol. The van der Waals surface area contributed by atoms with E-state index in [1.54, 1.807) is 17.0 Å². The molecule has 1 amide bonds. The van der Waals surface area contributed by atoms with Crippen molar-refractivity contribution in [3.8, 4) is 6.07 Å². The Morgan fingerprint density at radius 3 is 2.65 bits per heavy atom. The maximum absolute atomic E-state index is 12.0. The minimum Gasteiger partial charge on any atom is -0.444 e. The molecule has 1 aliphatic heterocycles. The van der Waals surface area contributed by atoms with Crippen molar-refractivity contribution in [2.24, 2.45) is 0 Å². The van der Waals surface area contributed by atoms with E-state index in [4.69, 9.17) is 9.68 Å².